The molecule has 0 bridgehead atoms. The van der Waals surface area contributed by atoms with E-state index in [2.05, 4.69) is 9.98 Å². The minimum absolute atomic E-state index is 0.0424. The molecule has 1 aliphatic rings. The molecule has 5 nitrogen and oxygen atoms in total. The van der Waals surface area contributed by atoms with Crippen LogP contribution in [0.25, 0.3) is 5.76 Å². The van der Waals surface area contributed by atoms with Gasteiger partial charge >= 0.3 is 5.97 Å². The maximum absolute atomic E-state index is 12.0. The molecule has 0 amide bonds. The maximum atomic E-state index is 12.0. The topological polar surface area (TPSA) is 71.8 Å². The fourth-order valence-electron chi connectivity index (χ4n) is 1.70. The molecule has 0 radical (unpaired) electrons. The molecule has 1 fully saturated rings. The van der Waals surface area contributed by atoms with Crippen LogP contribution >= 0.6 is 23.2 Å². The smallest absolute Gasteiger partial charge is 0.343 e. The van der Waals surface area contributed by atoms with Gasteiger partial charge in [-0.05, 0) is 26.7 Å². The van der Waals surface area contributed by atoms with Crippen molar-refractivity contribution < 1.29 is 14.6 Å². The van der Waals surface area contributed by atoms with E-state index in [1.165, 1.54) is 12.4 Å². The van der Waals surface area contributed by atoms with Crippen LogP contribution in [0.15, 0.2) is 16.8 Å². The van der Waals surface area contributed by atoms with Crippen molar-refractivity contribution >= 4 is 41.1 Å². The summed E-state index contributed by atoms with van der Waals surface area (Å²) >= 11 is 12.1. The molecule has 0 unspecified atom stereocenters. The molecule has 2 rings (SSSR count). The van der Waals surface area contributed by atoms with E-state index in [0.717, 1.165) is 12.8 Å². The minimum Gasteiger partial charge on any atom is -0.506 e. The van der Waals surface area contributed by atoms with Gasteiger partial charge in [-0.1, -0.05) is 23.2 Å². The summed E-state index contributed by atoms with van der Waals surface area (Å²) in [5, 5.41) is 10.9. The number of ether oxygens (including phenoxy) is 1. The largest absolute Gasteiger partial charge is 0.506 e. The summed E-state index contributed by atoms with van der Waals surface area (Å²) in [5.74, 6) is -0.979. The third-order valence-electron chi connectivity index (χ3n) is 3.15. The number of hydrogen-bond donors (Lipinski definition) is 1. The van der Waals surface area contributed by atoms with Crippen LogP contribution in [-0.4, -0.2) is 34.9 Å². The fraction of sp³-hybridized carbons (Fsp3) is 0.400. The molecule has 22 heavy (non-hydrogen) atoms. The van der Waals surface area contributed by atoms with Gasteiger partial charge in [0.15, 0.2) is 0 Å². The van der Waals surface area contributed by atoms with Crippen LogP contribution in [0.3, 0.4) is 0 Å². The van der Waals surface area contributed by atoms with Gasteiger partial charge in [-0.2, -0.15) is 0 Å². The number of pyridine rings is 1. The SMILES string of the molecule is CCOC(=O)/C(C=NC1CC1)=C(/O)c1cnc(Cl)c(C)c1Cl. The zero-order valence-corrected chi connectivity index (χ0v) is 13.8. The fourth-order valence-corrected chi connectivity index (χ4v) is 2.12. The second kappa shape index (κ2) is 7.11. The number of carbonyl (C=O) groups is 1. The van der Waals surface area contributed by atoms with Crippen molar-refractivity contribution in [2.45, 2.75) is 32.7 Å². The van der Waals surface area contributed by atoms with Gasteiger partial charge in [0.2, 0.25) is 0 Å². The van der Waals surface area contributed by atoms with E-state index < -0.39 is 5.97 Å². The molecule has 1 saturated carbocycles. The van der Waals surface area contributed by atoms with Gasteiger partial charge in [0.05, 0.1) is 23.2 Å². The van der Waals surface area contributed by atoms with Crippen molar-refractivity contribution in [3.05, 3.63) is 33.1 Å². The standard InChI is InChI=1S/C15H16Cl2N2O3/c1-3-22-15(21)11(7-18-9-4-5-9)13(20)10-6-19-14(17)8(2)12(10)16/h6-7,9,20H,3-5H2,1-2H3/b13-11+,18-7?. The molecule has 1 heterocycles. The number of nitrogens with zero attached hydrogens (tertiary/aromatic N) is 2. The van der Waals surface area contributed by atoms with Gasteiger partial charge in [0, 0.05) is 18.0 Å². The Balaban J connectivity index is 2.47. The number of aliphatic imine (C=N–C) groups is 1. The van der Waals surface area contributed by atoms with Gasteiger partial charge in [-0.3, -0.25) is 4.99 Å². The Hall–Kier alpha value is -1.59. The molecule has 1 aromatic heterocycles. The number of aliphatic hydroxyl groups is 1. The molecule has 0 saturated heterocycles. The van der Waals surface area contributed by atoms with Crippen LogP contribution < -0.4 is 0 Å². The van der Waals surface area contributed by atoms with Crippen LogP contribution in [0, 0.1) is 6.92 Å². The number of halogens is 2. The highest BCUT2D eigenvalue weighted by Crippen LogP contribution is 2.30. The summed E-state index contributed by atoms with van der Waals surface area (Å²) in [6, 6.07) is 0.206. The Morgan fingerprint density at radius 1 is 1.55 bits per heavy atom. The normalized spacial score (nSPS) is 15.8. The van der Waals surface area contributed by atoms with Crippen molar-refractivity contribution in [1.82, 2.24) is 4.98 Å². The molecule has 0 spiro atoms. The lowest BCUT2D eigenvalue weighted by atomic mass is 10.1. The van der Waals surface area contributed by atoms with Crippen molar-refractivity contribution in [2.75, 3.05) is 6.61 Å². The van der Waals surface area contributed by atoms with Gasteiger partial charge in [0.1, 0.15) is 16.5 Å². The minimum atomic E-state index is -0.659. The highest BCUT2D eigenvalue weighted by molar-refractivity contribution is 6.36. The Labute approximate surface area is 138 Å². The molecule has 0 aliphatic heterocycles. The van der Waals surface area contributed by atoms with E-state index in [4.69, 9.17) is 27.9 Å². The highest BCUT2D eigenvalue weighted by atomic mass is 35.5. The van der Waals surface area contributed by atoms with Crippen LogP contribution in [0.5, 0.6) is 0 Å². The summed E-state index contributed by atoms with van der Waals surface area (Å²) < 4.78 is 4.96. The summed E-state index contributed by atoms with van der Waals surface area (Å²) in [6.07, 6.45) is 4.62. The number of aromatic nitrogens is 1. The maximum Gasteiger partial charge on any atom is 0.343 e. The van der Waals surface area contributed by atoms with E-state index >= 15 is 0 Å². The average molecular weight is 343 g/mol. The molecule has 1 aliphatic carbocycles. The first kappa shape index (κ1) is 16.8. The molecule has 0 aromatic carbocycles. The molecule has 118 valence electrons. The predicted molar refractivity (Wildman–Crippen MR) is 86.7 cm³/mol. The first-order chi connectivity index (χ1) is 10.5. The third-order valence-corrected chi connectivity index (χ3v) is 4.02. The number of carbonyl (C=O) groups excluding carboxylic acids is 1. The van der Waals surface area contributed by atoms with Crippen molar-refractivity contribution in [3.8, 4) is 0 Å². The summed E-state index contributed by atoms with van der Waals surface area (Å²) in [5.41, 5.74) is 0.697. The van der Waals surface area contributed by atoms with Gasteiger partial charge < -0.3 is 9.84 Å². The van der Waals surface area contributed by atoms with Crippen LogP contribution in [0.2, 0.25) is 10.2 Å². The van der Waals surface area contributed by atoms with Crippen molar-refractivity contribution in [1.29, 1.82) is 0 Å². The Morgan fingerprint density at radius 2 is 2.23 bits per heavy atom. The quantitative estimate of drug-likeness (QED) is 0.290. The van der Waals surface area contributed by atoms with E-state index in [9.17, 15) is 9.90 Å². The number of esters is 1. The predicted octanol–water partition coefficient (Wildman–Crippen LogP) is 3.76. The summed E-state index contributed by atoms with van der Waals surface area (Å²) in [6.45, 7) is 3.56. The Bertz CT molecular complexity index is 652. The molecular weight excluding hydrogens is 327 g/mol. The number of hydrogen-bond acceptors (Lipinski definition) is 5. The van der Waals surface area contributed by atoms with Gasteiger partial charge in [-0.25, -0.2) is 9.78 Å². The molecule has 1 aromatic rings. The Morgan fingerprint density at radius 3 is 2.82 bits per heavy atom. The first-order valence-electron chi connectivity index (χ1n) is 6.90. The lowest BCUT2D eigenvalue weighted by Crippen LogP contribution is -2.12. The zero-order valence-electron chi connectivity index (χ0n) is 12.3. The number of rotatable bonds is 5. The van der Waals surface area contributed by atoms with E-state index in [-0.39, 0.29) is 39.7 Å². The monoisotopic (exact) mass is 342 g/mol. The van der Waals surface area contributed by atoms with E-state index in [1.807, 2.05) is 0 Å². The third kappa shape index (κ3) is 3.78. The van der Waals surface area contributed by atoms with E-state index in [0.29, 0.717) is 5.56 Å². The molecule has 7 heteroatoms. The van der Waals surface area contributed by atoms with Gasteiger partial charge in [0.25, 0.3) is 0 Å². The van der Waals surface area contributed by atoms with Crippen LogP contribution in [-0.2, 0) is 9.53 Å². The summed E-state index contributed by atoms with van der Waals surface area (Å²) in [7, 11) is 0. The highest BCUT2D eigenvalue weighted by Gasteiger charge is 2.23. The Kier molecular flexibility index (Phi) is 5.42. The lowest BCUT2D eigenvalue weighted by molar-refractivity contribution is -0.137. The number of aliphatic hydroxyl groups excluding tert-OH is 1. The summed E-state index contributed by atoms with van der Waals surface area (Å²) in [4.78, 5) is 20.2. The zero-order chi connectivity index (χ0) is 16.3. The van der Waals surface area contributed by atoms with Crippen LogP contribution in [0.4, 0.5) is 0 Å². The molecule has 1 N–H and O–H groups in total. The lowest BCUT2D eigenvalue weighted by Gasteiger charge is -2.10. The second-order valence-electron chi connectivity index (χ2n) is 4.89. The first-order valence-corrected chi connectivity index (χ1v) is 7.65. The second-order valence-corrected chi connectivity index (χ2v) is 5.63. The van der Waals surface area contributed by atoms with Crippen LogP contribution in [0.1, 0.15) is 30.9 Å². The van der Waals surface area contributed by atoms with Crippen molar-refractivity contribution in [2.24, 2.45) is 4.99 Å². The van der Waals surface area contributed by atoms with E-state index in [1.54, 1.807) is 13.8 Å². The van der Waals surface area contributed by atoms with Gasteiger partial charge in [-0.15, -0.1) is 0 Å². The molecular formula is C15H16Cl2N2O3. The van der Waals surface area contributed by atoms with Crippen molar-refractivity contribution in [3.63, 3.8) is 0 Å². The molecule has 0 atom stereocenters. The average Bonchev–Trinajstić information content (AvgIpc) is 3.29.